The van der Waals surface area contributed by atoms with Crippen molar-refractivity contribution in [2.45, 2.75) is 29.4 Å². The standard InChI is InChI=1S/C10H9Cl3OS/c11-6-4-7(15-5-2-1-3-5)8(12)9(13)10(6)14/h4-5,14H,1-3H2. The molecule has 5 heteroatoms. The second-order valence-corrected chi connectivity index (χ2v) is 6.01. The number of hydrogen-bond donors (Lipinski definition) is 1. The summed E-state index contributed by atoms with van der Waals surface area (Å²) in [7, 11) is 0. The molecule has 0 amide bonds. The minimum atomic E-state index is -0.138. The van der Waals surface area contributed by atoms with Crippen molar-refractivity contribution in [2.75, 3.05) is 0 Å². The van der Waals surface area contributed by atoms with Crippen molar-refractivity contribution in [3.05, 3.63) is 21.1 Å². The van der Waals surface area contributed by atoms with Crippen LogP contribution in [0.4, 0.5) is 0 Å². The van der Waals surface area contributed by atoms with Gasteiger partial charge in [0.2, 0.25) is 0 Å². The lowest BCUT2D eigenvalue weighted by Gasteiger charge is -2.25. The van der Waals surface area contributed by atoms with Crippen molar-refractivity contribution in [3.8, 4) is 5.75 Å². The molecule has 1 aromatic carbocycles. The maximum Gasteiger partial charge on any atom is 0.154 e. The summed E-state index contributed by atoms with van der Waals surface area (Å²) in [4.78, 5) is 0.856. The fraction of sp³-hybridized carbons (Fsp3) is 0.400. The predicted octanol–water partition coefficient (Wildman–Crippen LogP) is 5.00. The molecule has 1 saturated carbocycles. The van der Waals surface area contributed by atoms with Gasteiger partial charge in [0.05, 0.1) is 10.0 Å². The van der Waals surface area contributed by atoms with E-state index < -0.39 is 0 Å². The maximum atomic E-state index is 9.46. The molecular formula is C10H9Cl3OS. The molecule has 1 aromatic rings. The van der Waals surface area contributed by atoms with Crippen LogP contribution < -0.4 is 0 Å². The van der Waals surface area contributed by atoms with E-state index in [0.29, 0.717) is 10.3 Å². The van der Waals surface area contributed by atoms with Gasteiger partial charge in [-0.25, -0.2) is 0 Å². The lowest BCUT2D eigenvalue weighted by molar-refractivity contribution is 0.475. The predicted molar refractivity (Wildman–Crippen MR) is 66.6 cm³/mol. The number of halogens is 3. The van der Waals surface area contributed by atoms with E-state index in [1.54, 1.807) is 17.8 Å². The number of benzene rings is 1. The highest BCUT2D eigenvalue weighted by atomic mass is 35.5. The maximum absolute atomic E-state index is 9.46. The Bertz CT molecular complexity index is 391. The number of phenols is 1. The number of thioether (sulfide) groups is 1. The molecule has 1 fully saturated rings. The summed E-state index contributed by atoms with van der Waals surface area (Å²) in [6, 6.07) is 1.67. The highest BCUT2D eigenvalue weighted by Crippen LogP contribution is 2.46. The first kappa shape index (κ1) is 11.7. The lowest BCUT2D eigenvalue weighted by Crippen LogP contribution is -2.12. The van der Waals surface area contributed by atoms with E-state index in [0.717, 1.165) is 4.90 Å². The second-order valence-electron chi connectivity index (χ2n) is 3.50. The normalized spacial score (nSPS) is 16.5. The Morgan fingerprint density at radius 3 is 2.40 bits per heavy atom. The van der Waals surface area contributed by atoms with Gasteiger partial charge in [-0.1, -0.05) is 41.2 Å². The molecule has 0 bridgehead atoms. The quantitative estimate of drug-likeness (QED) is 0.771. The SMILES string of the molecule is Oc1c(Cl)cc(SC2CCC2)c(Cl)c1Cl. The van der Waals surface area contributed by atoms with Crippen LogP contribution in [0.5, 0.6) is 5.75 Å². The second kappa shape index (κ2) is 4.62. The number of phenolic OH excluding ortho intramolecular Hbond substituents is 1. The van der Waals surface area contributed by atoms with Gasteiger partial charge in [0.25, 0.3) is 0 Å². The fourth-order valence-corrected chi connectivity index (χ4v) is 3.49. The fourth-order valence-electron chi connectivity index (χ4n) is 1.32. The first-order valence-electron chi connectivity index (χ1n) is 4.62. The zero-order valence-electron chi connectivity index (χ0n) is 7.77. The first-order valence-corrected chi connectivity index (χ1v) is 6.64. The molecule has 0 heterocycles. The van der Waals surface area contributed by atoms with Crippen LogP contribution >= 0.6 is 46.6 Å². The zero-order valence-corrected chi connectivity index (χ0v) is 10.8. The van der Waals surface area contributed by atoms with Crippen LogP contribution in [0.25, 0.3) is 0 Å². The van der Waals surface area contributed by atoms with Crippen LogP contribution in [-0.2, 0) is 0 Å². The number of aromatic hydroxyl groups is 1. The van der Waals surface area contributed by atoms with Crippen molar-refractivity contribution in [1.29, 1.82) is 0 Å². The third-order valence-electron chi connectivity index (χ3n) is 2.45. The Labute approximate surface area is 108 Å². The topological polar surface area (TPSA) is 20.2 Å². The summed E-state index contributed by atoms with van der Waals surface area (Å²) in [5.74, 6) is -0.138. The van der Waals surface area contributed by atoms with E-state index in [9.17, 15) is 5.11 Å². The first-order chi connectivity index (χ1) is 7.09. The Balaban J connectivity index is 2.30. The average Bonchev–Trinajstić information content (AvgIpc) is 2.15. The van der Waals surface area contributed by atoms with Crippen LogP contribution in [-0.4, -0.2) is 10.4 Å². The highest BCUT2D eigenvalue weighted by Gasteiger charge is 2.22. The Hall–Kier alpha value is 0.240. The number of hydrogen-bond acceptors (Lipinski definition) is 2. The number of rotatable bonds is 2. The zero-order chi connectivity index (χ0) is 11.0. The monoisotopic (exact) mass is 282 g/mol. The van der Waals surface area contributed by atoms with E-state index in [-0.39, 0.29) is 15.8 Å². The summed E-state index contributed by atoms with van der Waals surface area (Å²) >= 11 is 19.4. The molecule has 0 atom stereocenters. The van der Waals surface area contributed by atoms with Gasteiger partial charge in [0, 0.05) is 10.1 Å². The molecule has 82 valence electrons. The molecule has 0 aromatic heterocycles. The summed E-state index contributed by atoms with van der Waals surface area (Å²) in [6.45, 7) is 0. The lowest BCUT2D eigenvalue weighted by atomic mass is 10.0. The van der Waals surface area contributed by atoms with Crippen molar-refractivity contribution < 1.29 is 5.11 Å². The molecular weight excluding hydrogens is 275 g/mol. The molecule has 0 radical (unpaired) electrons. The Kier molecular flexibility index (Phi) is 3.61. The minimum Gasteiger partial charge on any atom is -0.505 e. The van der Waals surface area contributed by atoms with E-state index in [2.05, 4.69) is 0 Å². The van der Waals surface area contributed by atoms with Crippen molar-refractivity contribution >= 4 is 46.6 Å². The average molecular weight is 284 g/mol. The van der Waals surface area contributed by atoms with E-state index in [4.69, 9.17) is 34.8 Å². The molecule has 1 aliphatic carbocycles. The smallest absolute Gasteiger partial charge is 0.154 e. The van der Waals surface area contributed by atoms with Gasteiger partial charge >= 0.3 is 0 Å². The molecule has 0 unspecified atom stereocenters. The molecule has 0 aliphatic heterocycles. The molecule has 0 saturated heterocycles. The van der Waals surface area contributed by atoms with Crippen molar-refractivity contribution in [2.24, 2.45) is 0 Å². The Morgan fingerprint density at radius 2 is 1.87 bits per heavy atom. The molecule has 1 aliphatic rings. The van der Waals surface area contributed by atoms with E-state index >= 15 is 0 Å². The van der Waals surface area contributed by atoms with Gasteiger partial charge in [0.1, 0.15) is 5.02 Å². The van der Waals surface area contributed by atoms with Gasteiger partial charge < -0.3 is 5.11 Å². The van der Waals surface area contributed by atoms with Crippen LogP contribution in [0.1, 0.15) is 19.3 Å². The van der Waals surface area contributed by atoms with Crippen LogP contribution in [0.2, 0.25) is 15.1 Å². The summed E-state index contributed by atoms with van der Waals surface area (Å²) in [5, 5.41) is 10.9. The van der Waals surface area contributed by atoms with Gasteiger partial charge in [-0.3, -0.25) is 0 Å². The van der Waals surface area contributed by atoms with Gasteiger partial charge in [-0.05, 0) is 18.9 Å². The summed E-state index contributed by atoms with van der Waals surface area (Å²) in [5.41, 5.74) is 0. The molecule has 2 rings (SSSR count). The Morgan fingerprint density at radius 1 is 1.20 bits per heavy atom. The molecule has 1 nitrogen and oxygen atoms in total. The molecule has 1 N–H and O–H groups in total. The van der Waals surface area contributed by atoms with Gasteiger partial charge in [0.15, 0.2) is 5.75 Å². The highest BCUT2D eigenvalue weighted by molar-refractivity contribution is 8.00. The third-order valence-corrected chi connectivity index (χ3v) is 5.08. The van der Waals surface area contributed by atoms with Crippen LogP contribution in [0.15, 0.2) is 11.0 Å². The third kappa shape index (κ3) is 2.33. The van der Waals surface area contributed by atoms with Crippen molar-refractivity contribution in [3.63, 3.8) is 0 Å². The van der Waals surface area contributed by atoms with E-state index in [1.807, 2.05) is 0 Å². The van der Waals surface area contributed by atoms with E-state index in [1.165, 1.54) is 19.3 Å². The largest absolute Gasteiger partial charge is 0.505 e. The van der Waals surface area contributed by atoms with Gasteiger partial charge in [-0.15, -0.1) is 11.8 Å². The minimum absolute atomic E-state index is 0.138. The van der Waals surface area contributed by atoms with Gasteiger partial charge in [-0.2, -0.15) is 0 Å². The van der Waals surface area contributed by atoms with Crippen molar-refractivity contribution in [1.82, 2.24) is 0 Å². The molecule has 15 heavy (non-hydrogen) atoms. The summed E-state index contributed by atoms with van der Waals surface area (Å²) < 4.78 is 0. The molecule has 0 spiro atoms. The summed E-state index contributed by atoms with van der Waals surface area (Å²) in [6.07, 6.45) is 3.68. The van der Waals surface area contributed by atoms with Crippen LogP contribution in [0.3, 0.4) is 0 Å². The van der Waals surface area contributed by atoms with Crippen LogP contribution in [0, 0.1) is 0 Å².